The maximum Gasteiger partial charge on any atom is 0.211 e. The number of benzene rings is 1. The van der Waals surface area contributed by atoms with Crippen LogP contribution in [0, 0.1) is 5.82 Å². The van der Waals surface area contributed by atoms with Crippen LogP contribution in [0.25, 0.3) is 0 Å². The van der Waals surface area contributed by atoms with Crippen molar-refractivity contribution in [2.75, 3.05) is 5.75 Å². The average Bonchev–Trinajstić information content (AvgIpc) is 2.27. The molecule has 0 atom stereocenters. The first-order valence-electron chi connectivity index (χ1n) is 5.43. The standard InChI is InChI=1S/C11H17FN2O2S/c1-2-5-17(15,16)14-8-10-4-3-9(7-13)6-11(10)12/h3-4,6,14H,2,5,7-8,13H2,1H3. The molecule has 0 heterocycles. The number of hydrogen-bond donors (Lipinski definition) is 2. The first-order valence-corrected chi connectivity index (χ1v) is 7.08. The minimum atomic E-state index is -3.30. The highest BCUT2D eigenvalue weighted by Crippen LogP contribution is 2.10. The fourth-order valence-electron chi connectivity index (χ4n) is 1.39. The molecule has 0 bridgehead atoms. The van der Waals surface area contributed by atoms with E-state index in [-0.39, 0.29) is 18.8 Å². The van der Waals surface area contributed by atoms with Crippen molar-refractivity contribution in [1.29, 1.82) is 0 Å². The third-order valence-corrected chi connectivity index (χ3v) is 3.84. The first kappa shape index (κ1) is 14.1. The molecule has 0 aliphatic rings. The predicted molar refractivity (Wildman–Crippen MR) is 65.2 cm³/mol. The Kier molecular flexibility index (Phi) is 5.04. The second-order valence-corrected chi connectivity index (χ2v) is 5.70. The summed E-state index contributed by atoms with van der Waals surface area (Å²) in [4.78, 5) is 0. The van der Waals surface area contributed by atoms with Crippen LogP contribution in [0.15, 0.2) is 18.2 Å². The Morgan fingerprint density at radius 1 is 1.41 bits per heavy atom. The fraction of sp³-hybridized carbons (Fsp3) is 0.455. The topological polar surface area (TPSA) is 72.2 Å². The van der Waals surface area contributed by atoms with Gasteiger partial charge in [-0.15, -0.1) is 0 Å². The minimum absolute atomic E-state index is 0.0288. The van der Waals surface area contributed by atoms with Gasteiger partial charge >= 0.3 is 0 Å². The molecule has 1 aromatic rings. The van der Waals surface area contributed by atoms with Gasteiger partial charge in [-0.05, 0) is 18.1 Å². The molecule has 0 aliphatic heterocycles. The number of hydrogen-bond acceptors (Lipinski definition) is 3. The molecule has 0 saturated heterocycles. The summed E-state index contributed by atoms with van der Waals surface area (Å²) >= 11 is 0. The number of rotatable bonds is 6. The maximum atomic E-state index is 13.5. The highest BCUT2D eigenvalue weighted by Gasteiger charge is 2.10. The summed E-state index contributed by atoms with van der Waals surface area (Å²) in [6.07, 6.45) is 0.532. The summed E-state index contributed by atoms with van der Waals surface area (Å²) in [5, 5.41) is 0. The highest BCUT2D eigenvalue weighted by atomic mass is 32.2. The van der Waals surface area contributed by atoms with Crippen molar-refractivity contribution in [3.63, 3.8) is 0 Å². The van der Waals surface area contributed by atoms with Crippen molar-refractivity contribution >= 4 is 10.0 Å². The van der Waals surface area contributed by atoms with Gasteiger partial charge in [-0.25, -0.2) is 17.5 Å². The van der Waals surface area contributed by atoms with Crippen LogP contribution in [0.3, 0.4) is 0 Å². The summed E-state index contributed by atoms with van der Waals surface area (Å²) in [7, 11) is -3.30. The van der Waals surface area contributed by atoms with Gasteiger partial charge in [-0.1, -0.05) is 19.1 Å². The molecular formula is C11H17FN2O2S. The van der Waals surface area contributed by atoms with E-state index in [9.17, 15) is 12.8 Å². The van der Waals surface area contributed by atoms with Gasteiger partial charge in [0, 0.05) is 18.7 Å². The molecular weight excluding hydrogens is 243 g/mol. The van der Waals surface area contributed by atoms with Crippen LogP contribution in [0.1, 0.15) is 24.5 Å². The summed E-state index contributed by atoms with van der Waals surface area (Å²) in [6.45, 7) is 2.01. The average molecular weight is 260 g/mol. The molecule has 0 aromatic heterocycles. The van der Waals surface area contributed by atoms with Crippen molar-refractivity contribution in [2.24, 2.45) is 5.73 Å². The van der Waals surface area contributed by atoms with Crippen molar-refractivity contribution in [3.8, 4) is 0 Å². The smallest absolute Gasteiger partial charge is 0.211 e. The minimum Gasteiger partial charge on any atom is -0.326 e. The van der Waals surface area contributed by atoms with Crippen molar-refractivity contribution in [1.82, 2.24) is 4.72 Å². The Balaban J connectivity index is 2.70. The number of sulfonamides is 1. The Bertz CT molecular complexity index is 474. The molecule has 96 valence electrons. The Morgan fingerprint density at radius 3 is 2.65 bits per heavy atom. The molecule has 0 spiro atoms. The fourth-order valence-corrected chi connectivity index (χ4v) is 2.45. The zero-order chi connectivity index (χ0) is 12.9. The molecule has 0 aliphatic carbocycles. The van der Waals surface area contributed by atoms with Gasteiger partial charge in [0.2, 0.25) is 10.0 Å². The lowest BCUT2D eigenvalue weighted by Crippen LogP contribution is -2.26. The number of nitrogens with one attached hydrogen (secondary N) is 1. The highest BCUT2D eigenvalue weighted by molar-refractivity contribution is 7.89. The van der Waals surface area contributed by atoms with Gasteiger partial charge < -0.3 is 5.73 Å². The SMILES string of the molecule is CCCS(=O)(=O)NCc1ccc(CN)cc1F. The quantitative estimate of drug-likeness (QED) is 0.805. The summed E-state index contributed by atoms with van der Waals surface area (Å²) < 4.78 is 38.6. The van der Waals surface area contributed by atoms with Gasteiger partial charge in [0.15, 0.2) is 0 Å². The van der Waals surface area contributed by atoms with E-state index in [2.05, 4.69) is 4.72 Å². The zero-order valence-electron chi connectivity index (χ0n) is 9.74. The monoisotopic (exact) mass is 260 g/mol. The van der Waals surface area contributed by atoms with E-state index in [0.717, 1.165) is 0 Å². The molecule has 0 unspecified atom stereocenters. The Morgan fingerprint density at radius 2 is 2.12 bits per heavy atom. The van der Waals surface area contributed by atoms with E-state index >= 15 is 0 Å². The Hall–Kier alpha value is -0.980. The van der Waals surface area contributed by atoms with Crippen molar-refractivity contribution in [2.45, 2.75) is 26.4 Å². The van der Waals surface area contributed by atoms with Crippen molar-refractivity contribution < 1.29 is 12.8 Å². The third-order valence-electron chi connectivity index (χ3n) is 2.31. The normalized spacial score (nSPS) is 11.7. The van der Waals surface area contributed by atoms with E-state index in [0.29, 0.717) is 17.5 Å². The molecule has 1 aromatic carbocycles. The van der Waals surface area contributed by atoms with Crippen LogP contribution < -0.4 is 10.5 Å². The van der Waals surface area contributed by atoms with Crippen LogP contribution in [-0.4, -0.2) is 14.2 Å². The molecule has 0 radical (unpaired) electrons. The van der Waals surface area contributed by atoms with Crippen molar-refractivity contribution in [3.05, 3.63) is 35.1 Å². The van der Waals surface area contributed by atoms with Gasteiger partial charge in [0.05, 0.1) is 5.75 Å². The van der Waals surface area contributed by atoms with Crippen LogP contribution in [-0.2, 0) is 23.1 Å². The van der Waals surface area contributed by atoms with E-state index in [1.165, 1.54) is 6.07 Å². The van der Waals surface area contributed by atoms with E-state index in [1.807, 2.05) is 0 Å². The molecule has 17 heavy (non-hydrogen) atoms. The molecule has 0 amide bonds. The van der Waals surface area contributed by atoms with E-state index < -0.39 is 15.8 Å². The zero-order valence-corrected chi connectivity index (χ0v) is 10.6. The summed E-state index contributed by atoms with van der Waals surface area (Å²) in [6, 6.07) is 4.56. The first-order chi connectivity index (χ1) is 7.98. The van der Waals surface area contributed by atoms with Crippen LogP contribution >= 0.6 is 0 Å². The second kappa shape index (κ2) is 6.09. The summed E-state index contributed by atoms with van der Waals surface area (Å²) in [5.41, 5.74) is 6.38. The Labute approximate surface area is 101 Å². The summed E-state index contributed by atoms with van der Waals surface area (Å²) in [5.74, 6) is -0.387. The lowest BCUT2D eigenvalue weighted by Gasteiger charge is -2.07. The largest absolute Gasteiger partial charge is 0.326 e. The van der Waals surface area contributed by atoms with Crippen LogP contribution in [0.5, 0.6) is 0 Å². The molecule has 3 N–H and O–H groups in total. The van der Waals surface area contributed by atoms with Gasteiger partial charge in [0.1, 0.15) is 5.82 Å². The van der Waals surface area contributed by atoms with Gasteiger partial charge in [0.25, 0.3) is 0 Å². The third kappa shape index (κ3) is 4.41. The molecule has 4 nitrogen and oxygen atoms in total. The molecule has 6 heteroatoms. The predicted octanol–water partition coefficient (Wildman–Crippen LogP) is 1.11. The number of nitrogens with two attached hydrogens (primary N) is 1. The van der Waals surface area contributed by atoms with Gasteiger partial charge in [-0.3, -0.25) is 0 Å². The number of halogens is 1. The lowest BCUT2D eigenvalue weighted by molar-refractivity contribution is 0.573. The van der Waals surface area contributed by atoms with E-state index in [4.69, 9.17) is 5.73 Å². The molecule has 0 saturated carbocycles. The maximum absolute atomic E-state index is 13.5. The molecule has 1 rings (SSSR count). The van der Waals surface area contributed by atoms with Crippen LogP contribution in [0.2, 0.25) is 0 Å². The van der Waals surface area contributed by atoms with Crippen LogP contribution in [0.4, 0.5) is 4.39 Å². The second-order valence-electron chi connectivity index (χ2n) is 3.77. The lowest BCUT2D eigenvalue weighted by atomic mass is 10.1. The van der Waals surface area contributed by atoms with Gasteiger partial charge in [-0.2, -0.15) is 0 Å². The van der Waals surface area contributed by atoms with E-state index in [1.54, 1.807) is 19.1 Å². The molecule has 0 fully saturated rings.